The average molecular weight is 224 g/mol. The zero-order valence-corrected chi connectivity index (χ0v) is 9.85. The number of hydrogen-bond donors (Lipinski definition) is 1. The molecule has 0 radical (unpaired) electrons. The van der Waals surface area contributed by atoms with Crippen molar-refractivity contribution in [3.8, 4) is 0 Å². The van der Waals surface area contributed by atoms with Crippen molar-refractivity contribution in [3.63, 3.8) is 0 Å². The van der Waals surface area contributed by atoms with Crippen molar-refractivity contribution in [2.24, 2.45) is 5.92 Å². The van der Waals surface area contributed by atoms with Crippen molar-refractivity contribution in [3.05, 3.63) is 12.2 Å². The highest BCUT2D eigenvalue weighted by molar-refractivity contribution is 4.81. The maximum atomic E-state index is 5.70. The van der Waals surface area contributed by atoms with Crippen molar-refractivity contribution in [1.29, 1.82) is 0 Å². The van der Waals surface area contributed by atoms with Crippen LogP contribution in [0.2, 0.25) is 0 Å². The predicted octanol–water partition coefficient (Wildman–Crippen LogP) is 0.814. The largest absolute Gasteiger partial charge is 0.373 e. The van der Waals surface area contributed by atoms with Gasteiger partial charge in [0.15, 0.2) is 5.82 Å². The summed E-state index contributed by atoms with van der Waals surface area (Å²) in [5.74, 6) is 1.58. The highest BCUT2D eigenvalue weighted by atomic mass is 16.5. The number of nitrogens with one attached hydrogen (secondary N) is 1. The fourth-order valence-electron chi connectivity index (χ4n) is 2.05. The summed E-state index contributed by atoms with van der Waals surface area (Å²) >= 11 is 0. The van der Waals surface area contributed by atoms with Crippen LogP contribution in [0.15, 0.2) is 6.33 Å². The molecule has 1 aromatic rings. The summed E-state index contributed by atoms with van der Waals surface area (Å²) in [4.78, 5) is 4.18. The fourth-order valence-corrected chi connectivity index (χ4v) is 2.05. The van der Waals surface area contributed by atoms with Gasteiger partial charge in [0.1, 0.15) is 12.9 Å². The van der Waals surface area contributed by atoms with Crippen molar-refractivity contribution < 1.29 is 4.74 Å². The Morgan fingerprint density at radius 2 is 2.56 bits per heavy atom. The molecule has 1 atom stereocenters. The molecule has 1 aliphatic rings. The number of aromatic nitrogens is 3. The van der Waals surface area contributed by atoms with Gasteiger partial charge in [0.25, 0.3) is 0 Å². The van der Waals surface area contributed by atoms with Crippen molar-refractivity contribution in [2.45, 2.75) is 32.9 Å². The van der Waals surface area contributed by atoms with Crippen LogP contribution < -0.4 is 5.32 Å². The van der Waals surface area contributed by atoms with Gasteiger partial charge in [0, 0.05) is 13.1 Å². The summed E-state index contributed by atoms with van der Waals surface area (Å²) in [6, 6.07) is 0. The number of nitrogens with zero attached hydrogens (tertiary/aromatic N) is 3. The van der Waals surface area contributed by atoms with Crippen LogP contribution in [-0.4, -0.2) is 34.5 Å². The number of ether oxygens (including phenoxy) is 1. The SMILES string of the molecule is CCn1ncnc1COCC1CCCNC1. The third-order valence-corrected chi connectivity index (χ3v) is 2.98. The third kappa shape index (κ3) is 3.02. The third-order valence-electron chi connectivity index (χ3n) is 2.98. The zero-order chi connectivity index (χ0) is 11.2. The Hall–Kier alpha value is -0.940. The van der Waals surface area contributed by atoms with Gasteiger partial charge < -0.3 is 10.1 Å². The molecule has 5 heteroatoms. The van der Waals surface area contributed by atoms with Gasteiger partial charge in [-0.2, -0.15) is 5.10 Å². The smallest absolute Gasteiger partial charge is 0.152 e. The van der Waals surface area contributed by atoms with E-state index in [1.807, 2.05) is 4.68 Å². The van der Waals surface area contributed by atoms with Crippen molar-refractivity contribution in [1.82, 2.24) is 20.1 Å². The molecule has 0 amide bonds. The van der Waals surface area contributed by atoms with Crippen LogP contribution in [0, 0.1) is 5.92 Å². The molecule has 1 aliphatic heterocycles. The van der Waals surface area contributed by atoms with E-state index in [0.717, 1.165) is 32.1 Å². The molecule has 0 saturated carbocycles. The van der Waals surface area contributed by atoms with E-state index in [1.54, 1.807) is 6.33 Å². The van der Waals surface area contributed by atoms with Crippen LogP contribution in [0.3, 0.4) is 0 Å². The first-order valence-corrected chi connectivity index (χ1v) is 6.05. The summed E-state index contributed by atoms with van der Waals surface area (Å²) in [5, 5.41) is 7.50. The number of aryl methyl sites for hydroxylation is 1. The van der Waals surface area contributed by atoms with Crippen LogP contribution in [0.5, 0.6) is 0 Å². The first-order valence-electron chi connectivity index (χ1n) is 6.05. The number of hydrogen-bond acceptors (Lipinski definition) is 4. The summed E-state index contributed by atoms with van der Waals surface area (Å²) < 4.78 is 7.57. The molecule has 0 aliphatic carbocycles. The minimum Gasteiger partial charge on any atom is -0.373 e. The molecule has 1 unspecified atom stereocenters. The lowest BCUT2D eigenvalue weighted by Gasteiger charge is -2.22. The minimum absolute atomic E-state index is 0.574. The summed E-state index contributed by atoms with van der Waals surface area (Å²) in [6.45, 7) is 6.54. The lowest BCUT2D eigenvalue weighted by molar-refractivity contribution is 0.0720. The highest BCUT2D eigenvalue weighted by Crippen LogP contribution is 2.10. The summed E-state index contributed by atoms with van der Waals surface area (Å²) in [5.41, 5.74) is 0. The molecule has 2 heterocycles. The van der Waals surface area contributed by atoms with Gasteiger partial charge in [-0.15, -0.1) is 0 Å². The molecule has 0 aromatic carbocycles. The molecule has 1 fully saturated rings. The highest BCUT2D eigenvalue weighted by Gasteiger charge is 2.13. The molecule has 1 saturated heterocycles. The Morgan fingerprint density at radius 1 is 1.62 bits per heavy atom. The van der Waals surface area contributed by atoms with E-state index in [9.17, 15) is 0 Å². The maximum absolute atomic E-state index is 5.70. The van der Waals surface area contributed by atoms with Crippen molar-refractivity contribution >= 4 is 0 Å². The molecule has 0 spiro atoms. The average Bonchev–Trinajstić information content (AvgIpc) is 2.78. The van der Waals surface area contributed by atoms with Crippen LogP contribution >= 0.6 is 0 Å². The lowest BCUT2D eigenvalue weighted by Crippen LogP contribution is -2.32. The Labute approximate surface area is 96.2 Å². The van der Waals surface area contributed by atoms with Crippen LogP contribution in [0.1, 0.15) is 25.6 Å². The second-order valence-corrected chi connectivity index (χ2v) is 4.22. The minimum atomic E-state index is 0.574. The van der Waals surface area contributed by atoms with E-state index < -0.39 is 0 Å². The normalized spacial score (nSPS) is 21.2. The maximum Gasteiger partial charge on any atom is 0.152 e. The number of rotatable bonds is 5. The molecule has 0 bridgehead atoms. The fraction of sp³-hybridized carbons (Fsp3) is 0.818. The van der Waals surface area contributed by atoms with Crippen LogP contribution in [0.25, 0.3) is 0 Å². The van der Waals surface area contributed by atoms with Gasteiger partial charge in [-0.05, 0) is 32.2 Å². The summed E-state index contributed by atoms with van der Waals surface area (Å²) in [7, 11) is 0. The molecule has 5 nitrogen and oxygen atoms in total. The monoisotopic (exact) mass is 224 g/mol. The second kappa shape index (κ2) is 5.96. The van der Waals surface area contributed by atoms with E-state index in [2.05, 4.69) is 22.3 Å². The molecule has 90 valence electrons. The Bertz CT molecular complexity index is 307. The molecule has 1 N–H and O–H groups in total. The van der Waals surface area contributed by atoms with Gasteiger partial charge in [-0.1, -0.05) is 0 Å². The van der Waals surface area contributed by atoms with E-state index in [0.29, 0.717) is 12.5 Å². The van der Waals surface area contributed by atoms with Crippen LogP contribution in [0.4, 0.5) is 0 Å². The molecule has 16 heavy (non-hydrogen) atoms. The lowest BCUT2D eigenvalue weighted by atomic mass is 10.0. The van der Waals surface area contributed by atoms with Gasteiger partial charge in [-0.25, -0.2) is 9.67 Å². The van der Waals surface area contributed by atoms with Gasteiger partial charge in [-0.3, -0.25) is 0 Å². The zero-order valence-electron chi connectivity index (χ0n) is 9.85. The Balaban J connectivity index is 1.71. The first kappa shape index (κ1) is 11.5. The topological polar surface area (TPSA) is 52.0 Å². The predicted molar refractivity (Wildman–Crippen MR) is 60.9 cm³/mol. The first-order chi connectivity index (χ1) is 7.90. The van der Waals surface area contributed by atoms with E-state index in [4.69, 9.17) is 4.74 Å². The van der Waals surface area contributed by atoms with Crippen LogP contribution in [-0.2, 0) is 17.9 Å². The second-order valence-electron chi connectivity index (χ2n) is 4.22. The Kier molecular flexibility index (Phi) is 4.30. The quantitative estimate of drug-likeness (QED) is 0.804. The molecular formula is C11H20N4O. The molecule has 1 aromatic heterocycles. The molecular weight excluding hydrogens is 204 g/mol. The van der Waals surface area contributed by atoms with E-state index >= 15 is 0 Å². The van der Waals surface area contributed by atoms with Crippen molar-refractivity contribution in [2.75, 3.05) is 19.7 Å². The van der Waals surface area contributed by atoms with Gasteiger partial charge in [0.2, 0.25) is 0 Å². The van der Waals surface area contributed by atoms with E-state index in [1.165, 1.54) is 12.8 Å². The summed E-state index contributed by atoms with van der Waals surface area (Å²) in [6.07, 6.45) is 4.12. The van der Waals surface area contributed by atoms with E-state index in [-0.39, 0.29) is 0 Å². The van der Waals surface area contributed by atoms with Gasteiger partial charge >= 0.3 is 0 Å². The number of piperidine rings is 1. The van der Waals surface area contributed by atoms with Gasteiger partial charge in [0.05, 0.1) is 6.61 Å². The molecule has 2 rings (SSSR count). The standard InChI is InChI=1S/C11H20N4O/c1-2-15-11(13-9-14-15)8-16-7-10-4-3-5-12-6-10/h9-10,12H,2-8H2,1H3. The Morgan fingerprint density at radius 3 is 3.31 bits per heavy atom.